The lowest BCUT2D eigenvalue weighted by Crippen LogP contribution is -2.44. The van der Waals surface area contributed by atoms with Crippen molar-refractivity contribution >= 4 is 44.2 Å². The molecule has 1 aromatic heterocycles. The number of likely N-dealkylation sites (tertiary alicyclic amines) is 1. The number of halogens is 1. The molecule has 1 saturated heterocycles. The molecule has 4 rings (SSSR count). The number of aromatic nitrogens is 1. The summed E-state index contributed by atoms with van der Waals surface area (Å²) in [5, 5.41) is 1.05. The van der Waals surface area contributed by atoms with Crippen LogP contribution in [0.2, 0.25) is 5.02 Å². The number of sulfone groups is 1. The van der Waals surface area contributed by atoms with E-state index in [1.165, 1.54) is 6.20 Å². The van der Waals surface area contributed by atoms with Crippen LogP contribution in [0.15, 0.2) is 59.6 Å². The maximum absolute atomic E-state index is 13.3. The highest BCUT2D eigenvalue weighted by atomic mass is 35.5. The molecule has 2 heterocycles. The summed E-state index contributed by atoms with van der Waals surface area (Å²) in [5.41, 5.74) is 1.26. The Labute approximate surface area is 204 Å². The molecule has 1 amide bonds. The summed E-state index contributed by atoms with van der Waals surface area (Å²) in [6.07, 6.45) is 2.96. The Morgan fingerprint density at radius 2 is 1.94 bits per heavy atom. The minimum atomic E-state index is -3.69. The number of nitrogens with zero attached hydrogens (tertiary/aromatic N) is 2. The normalized spacial score (nSPS) is 16.5. The fourth-order valence-electron chi connectivity index (χ4n) is 4.42. The first-order valence-electron chi connectivity index (χ1n) is 11.3. The summed E-state index contributed by atoms with van der Waals surface area (Å²) < 4.78 is 33.4. The molecule has 0 radical (unpaired) electrons. The summed E-state index contributed by atoms with van der Waals surface area (Å²) in [5.74, 6) is -0.954. The van der Waals surface area contributed by atoms with Crippen LogP contribution < -0.4 is 0 Å². The second kappa shape index (κ2) is 10.2. The smallest absolute Gasteiger partial charge is 0.310 e. The summed E-state index contributed by atoms with van der Waals surface area (Å²) >= 11 is 6.03. The van der Waals surface area contributed by atoms with Crippen molar-refractivity contribution in [1.29, 1.82) is 0 Å². The summed E-state index contributed by atoms with van der Waals surface area (Å²) in [6.45, 7) is 2.94. The topological polar surface area (TPSA) is 85.7 Å². The van der Waals surface area contributed by atoms with E-state index in [-0.39, 0.29) is 35.0 Å². The molecule has 7 nitrogen and oxygen atoms in total. The Hall–Kier alpha value is -2.84. The third kappa shape index (κ3) is 5.28. The molecular weight excluding hydrogens is 476 g/mol. The zero-order valence-corrected chi connectivity index (χ0v) is 20.5. The van der Waals surface area contributed by atoms with Gasteiger partial charge in [0.15, 0.2) is 9.84 Å². The molecule has 2 aromatic carbocycles. The number of amides is 1. The Bertz CT molecular complexity index is 1320. The molecular formula is C25H27ClN2O5S. The standard InChI is InChI=1S/C25H27ClN2O5S/c1-2-33-25(30)19-8-6-12-27(14-19)24(29)16-28-15-23(21-10-3-4-11-22(21)28)34(31,32)17-18-7-5-9-20(26)13-18/h3-5,7,9-11,13,15,19H,2,6,8,12,14,16-17H2,1H3/t19-/m0/s1. The van der Waals surface area contributed by atoms with Crippen molar-refractivity contribution in [3.05, 3.63) is 65.3 Å². The molecule has 9 heteroatoms. The van der Waals surface area contributed by atoms with Gasteiger partial charge in [-0.05, 0) is 43.5 Å². The predicted octanol–water partition coefficient (Wildman–Crippen LogP) is 4.07. The average molecular weight is 503 g/mol. The third-order valence-electron chi connectivity index (χ3n) is 6.03. The fraction of sp³-hybridized carbons (Fsp3) is 0.360. The van der Waals surface area contributed by atoms with Crippen LogP contribution in [0.5, 0.6) is 0 Å². The number of hydrogen-bond acceptors (Lipinski definition) is 5. The molecule has 34 heavy (non-hydrogen) atoms. The van der Waals surface area contributed by atoms with Crippen molar-refractivity contribution in [2.24, 2.45) is 5.92 Å². The van der Waals surface area contributed by atoms with Crippen LogP contribution in [0, 0.1) is 5.92 Å². The minimum absolute atomic E-state index is 0.0112. The van der Waals surface area contributed by atoms with Crippen molar-refractivity contribution in [2.75, 3.05) is 19.7 Å². The van der Waals surface area contributed by atoms with Gasteiger partial charge in [0.25, 0.3) is 0 Å². The third-order valence-corrected chi connectivity index (χ3v) is 7.98. The van der Waals surface area contributed by atoms with Gasteiger partial charge in [-0.3, -0.25) is 9.59 Å². The second-order valence-electron chi connectivity index (χ2n) is 8.46. The Balaban J connectivity index is 1.58. The number of esters is 1. The Morgan fingerprint density at radius 3 is 2.71 bits per heavy atom. The van der Waals surface area contributed by atoms with E-state index in [1.54, 1.807) is 58.9 Å². The number of fused-ring (bicyclic) bond motifs is 1. The number of benzene rings is 2. The number of carbonyl (C=O) groups excluding carboxylic acids is 2. The van der Waals surface area contributed by atoms with Crippen molar-refractivity contribution in [2.45, 2.75) is 37.0 Å². The van der Waals surface area contributed by atoms with Gasteiger partial charge in [0.1, 0.15) is 6.54 Å². The zero-order valence-electron chi connectivity index (χ0n) is 18.9. The van der Waals surface area contributed by atoms with E-state index in [4.69, 9.17) is 16.3 Å². The monoisotopic (exact) mass is 502 g/mol. The van der Waals surface area contributed by atoms with E-state index in [2.05, 4.69) is 0 Å². The summed E-state index contributed by atoms with van der Waals surface area (Å²) in [6, 6.07) is 13.9. The van der Waals surface area contributed by atoms with E-state index in [0.717, 1.165) is 6.42 Å². The molecule has 180 valence electrons. The van der Waals surface area contributed by atoms with Crippen LogP contribution in [0.25, 0.3) is 10.9 Å². The van der Waals surface area contributed by atoms with E-state index < -0.39 is 9.84 Å². The maximum Gasteiger partial charge on any atom is 0.310 e. The zero-order chi connectivity index (χ0) is 24.3. The molecule has 0 N–H and O–H groups in total. The quantitative estimate of drug-likeness (QED) is 0.454. The van der Waals surface area contributed by atoms with E-state index in [1.807, 2.05) is 6.07 Å². The van der Waals surface area contributed by atoms with Gasteiger partial charge < -0.3 is 14.2 Å². The van der Waals surface area contributed by atoms with Gasteiger partial charge in [-0.1, -0.05) is 41.9 Å². The van der Waals surface area contributed by atoms with Gasteiger partial charge in [-0.2, -0.15) is 0 Å². The largest absolute Gasteiger partial charge is 0.466 e. The SMILES string of the molecule is CCOC(=O)[C@H]1CCCN(C(=O)Cn2cc(S(=O)(=O)Cc3cccc(Cl)c3)c3ccccc32)C1. The molecule has 3 aromatic rings. The molecule has 0 unspecified atom stereocenters. The molecule has 0 spiro atoms. The molecule has 0 saturated carbocycles. The Morgan fingerprint density at radius 1 is 1.15 bits per heavy atom. The van der Waals surface area contributed by atoms with Crippen LogP contribution in [-0.2, 0) is 36.5 Å². The Kier molecular flexibility index (Phi) is 7.28. The van der Waals surface area contributed by atoms with Gasteiger partial charge in [0.2, 0.25) is 5.91 Å². The first-order chi connectivity index (χ1) is 16.3. The van der Waals surface area contributed by atoms with Crippen LogP contribution in [0.1, 0.15) is 25.3 Å². The van der Waals surface area contributed by atoms with Crippen molar-refractivity contribution < 1.29 is 22.7 Å². The van der Waals surface area contributed by atoms with Crippen molar-refractivity contribution in [3.63, 3.8) is 0 Å². The van der Waals surface area contributed by atoms with Crippen LogP contribution in [0.3, 0.4) is 0 Å². The van der Waals surface area contributed by atoms with Gasteiger partial charge in [-0.25, -0.2) is 8.42 Å². The lowest BCUT2D eigenvalue weighted by atomic mass is 9.98. The van der Waals surface area contributed by atoms with E-state index in [9.17, 15) is 18.0 Å². The summed E-state index contributed by atoms with van der Waals surface area (Å²) in [7, 11) is -3.69. The molecule has 1 aliphatic rings. The fourth-order valence-corrected chi connectivity index (χ4v) is 6.20. The molecule has 1 aliphatic heterocycles. The van der Waals surface area contributed by atoms with Crippen LogP contribution in [-0.4, -0.2) is 49.5 Å². The predicted molar refractivity (Wildman–Crippen MR) is 130 cm³/mol. The van der Waals surface area contributed by atoms with E-state index in [0.29, 0.717) is 47.6 Å². The number of piperidine rings is 1. The first kappa shape index (κ1) is 24.3. The van der Waals surface area contributed by atoms with Gasteiger partial charge in [0.05, 0.1) is 23.2 Å². The van der Waals surface area contributed by atoms with Gasteiger partial charge >= 0.3 is 5.97 Å². The van der Waals surface area contributed by atoms with Crippen molar-refractivity contribution in [3.8, 4) is 0 Å². The lowest BCUT2D eigenvalue weighted by Gasteiger charge is -2.31. The molecule has 0 bridgehead atoms. The lowest BCUT2D eigenvalue weighted by molar-refractivity contribution is -0.151. The summed E-state index contributed by atoms with van der Waals surface area (Å²) in [4.78, 5) is 27.1. The van der Waals surface area contributed by atoms with Crippen molar-refractivity contribution in [1.82, 2.24) is 9.47 Å². The second-order valence-corrected chi connectivity index (χ2v) is 10.9. The number of carbonyl (C=O) groups is 2. The molecule has 1 fully saturated rings. The maximum atomic E-state index is 13.3. The van der Waals surface area contributed by atoms with Gasteiger partial charge in [-0.15, -0.1) is 0 Å². The first-order valence-corrected chi connectivity index (χ1v) is 13.3. The number of ether oxygens (including phenoxy) is 1. The highest BCUT2D eigenvalue weighted by Gasteiger charge is 2.30. The highest BCUT2D eigenvalue weighted by molar-refractivity contribution is 7.90. The van der Waals surface area contributed by atoms with Crippen LogP contribution >= 0.6 is 11.6 Å². The van der Waals surface area contributed by atoms with E-state index >= 15 is 0 Å². The number of hydrogen-bond donors (Lipinski definition) is 0. The number of rotatable bonds is 7. The van der Waals surface area contributed by atoms with Crippen LogP contribution in [0.4, 0.5) is 0 Å². The highest BCUT2D eigenvalue weighted by Crippen LogP contribution is 2.29. The van der Waals surface area contributed by atoms with Gasteiger partial charge in [0, 0.05) is 35.2 Å². The number of para-hydroxylation sites is 1. The molecule has 0 aliphatic carbocycles. The molecule has 1 atom stereocenters. The minimum Gasteiger partial charge on any atom is -0.466 e. The average Bonchev–Trinajstić information content (AvgIpc) is 3.18.